The normalized spacial score (nSPS) is 11.0. The number of nitrogens with two attached hydrogens (primary N) is 1. The van der Waals surface area contributed by atoms with Gasteiger partial charge in [-0.15, -0.1) is 12.4 Å². The summed E-state index contributed by atoms with van der Waals surface area (Å²) in [5, 5.41) is 0. The first-order valence-corrected chi connectivity index (χ1v) is 11.4. The molecule has 0 aliphatic rings. The standard InChI is InChI=1S/C25H45N.ClH.Na.H/c1-4-5-6-7-8-9-10-11-12-13-14-15-16-17-20-23-21-18-19-22-24(23)25(2,3)26;;;/h18-19,21-22H,4-17,20,26H2,1-3H3;1H;;. The molecule has 0 unspecified atom stereocenters. The average Bonchev–Trinajstić information content (AvgIpc) is 2.61. The van der Waals surface area contributed by atoms with Crippen molar-refractivity contribution in [3.63, 3.8) is 0 Å². The predicted octanol–water partition coefficient (Wildman–Crippen LogP) is 7.68. The summed E-state index contributed by atoms with van der Waals surface area (Å²) in [5.74, 6) is 0. The first kappa shape index (κ1) is 30.7. The van der Waals surface area contributed by atoms with E-state index in [1.165, 1.54) is 107 Å². The maximum atomic E-state index is 6.31. The number of rotatable bonds is 16. The van der Waals surface area contributed by atoms with Crippen molar-refractivity contribution < 1.29 is 0 Å². The molecule has 160 valence electrons. The molecule has 0 amide bonds. The molecule has 0 aliphatic heterocycles. The second kappa shape index (κ2) is 19.4. The van der Waals surface area contributed by atoms with Crippen LogP contribution in [0, 0.1) is 0 Å². The van der Waals surface area contributed by atoms with Crippen LogP contribution in [-0.4, -0.2) is 29.6 Å². The Balaban J connectivity index is 0. The summed E-state index contributed by atoms with van der Waals surface area (Å²) in [7, 11) is 0. The summed E-state index contributed by atoms with van der Waals surface area (Å²) < 4.78 is 0. The van der Waals surface area contributed by atoms with Crippen molar-refractivity contribution in [2.45, 2.75) is 123 Å². The van der Waals surface area contributed by atoms with Crippen molar-refractivity contribution in [2.75, 3.05) is 0 Å². The summed E-state index contributed by atoms with van der Waals surface area (Å²) >= 11 is 0. The van der Waals surface area contributed by atoms with Crippen LogP contribution in [0.15, 0.2) is 24.3 Å². The van der Waals surface area contributed by atoms with Crippen LogP contribution in [0.3, 0.4) is 0 Å². The third-order valence-corrected chi connectivity index (χ3v) is 5.51. The van der Waals surface area contributed by atoms with Gasteiger partial charge >= 0.3 is 29.6 Å². The maximum absolute atomic E-state index is 6.31. The summed E-state index contributed by atoms with van der Waals surface area (Å²) in [4.78, 5) is 0. The van der Waals surface area contributed by atoms with Crippen LogP contribution in [0.1, 0.15) is 122 Å². The van der Waals surface area contributed by atoms with Crippen LogP contribution in [0.5, 0.6) is 0 Å². The predicted molar refractivity (Wildman–Crippen MR) is 132 cm³/mol. The molecule has 1 nitrogen and oxygen atoms in total. The van der Waals surface area contributed by atoms with Crippen molar-refractivity contribution in [3.8, 4) is 0 Å². The minimum absolute atomic E-state index is 0. The second-order valence-electron chi connectivity index (χ2n) is 8.73. The molecule has 1 aromatic carbocycles. The zero-order chi connectivity index (χ0) is 19.1. The van der Waals surface area contributed by atoms with Gasteiger partial charge in [0.25, 0.3) is 0 Å². The van der Waals surface area contributed by atoms with Crippen molar-refractivity contribution in [1.29, 1.82) is 0 Å². The van der Waals surface area contributed by atoms with Gasteiger partial charge in [-0.25, -0.2) is 0 Å². The molecule has 0 heterocycles. The van der Waals surface area contributed by atoms with Gasteiger partial charge in [-0.3, -0.25) is 0 Å². The number of hydrogen-bond donors (Lipinski definition) is 1. The van der Waals surface area contributed by atoms with Gasteiger partial charge < -0.3 is 5.73 Å². The molecule has 0 fully saturated rings. The minimum atomic E-state index is -0.230. The van der Waals surface area contributed by atoms with Crippen LogP contribution in [0.2, 0.25) is 0 Å². The van der Waals surface area contributed by atoms with E-state index < -0.39 is 0 Å². The molecule has 0 radical (unpaired) electrons. The van der Waals surface area contributed by atoms with E-state index in [2.05, 4.69) is 45.0 Å². The summed E-state index contributed by atoms with van der Waals surface area (Å²) in [6, 6.07) is 8.71. The van der Waals surface area contributed by atoms with Gasteiger partial charge in [-0.1, -0.05) is 115 Å². The van der Waals surface area contributed by atoms with Crippen molar-refractivity contribution in [2.24, 2.45) is 5.73 Å². The monoisotopic (exact) mass is 419 g/mol. The fourth-order valence-corrected chi connectivity index (χ4v) is 3.88. The fraction of sp³-hybridized carbons (Fsp3) is 0.760. The van der Waals surface area contributed by atoms with Crippen molar-refractivity contribution in [1.82, 2.24) is 0 Å². The average molecular weight is 420 g/mol. The Labute approximate surface area is 204 Å². The number of hydrogen-bond acceptors (Lipinski definition) is 1. The van der Waals surface area contributed by atoms with E-state index >= 15 is 0 Å². The molecule has 28 heavy (non-hydrogen) atoms. The molecule has 0 bridgehead atoms. The molecule has 0 saturated heterocycles. The van der Waals surface area contributed by atoms with E-state index in [0.29, 0.717) is 0 Å². The summed E-state index contributed by atoms with van der Waals surface area (Å²) in [6.45, 7) is 6.51. The van der Waals surface area contributed by atoms with Crippen LogP contribution in [0.4, 0.5) is 0 Å². The Morgan fingerprint density at radius 1 is 0.679 bits per heavy atom. The van der Waals surface area contributed by atoms with Crippen molar-refractivity contribution in [3.05, 3.63) is 35.4 Å². The van der Waals surface area contributed by atoms with Gasteiger partial charge in [-0.05, 0) is 37.8 Å². The number of halogens is 1. The topological polar surface area (TPSA) is 26.0 Å². The molecular weight excluding hydrogens is 373 g/mol. The second-order valence-corrected chi connectivity index (χ2v) is 8.73. The Morgan fingerprint density at radius 2 is 1.07 bits per heavy atom. The first-order valence-electron chi connectivity index (χ1n) is 11.4. The molecule has 0 spiro atoms. The van der Waals surface area contributed by atoms with E-state index in [9.17, 15) is 0 Å². The molecule has 1 rings (SSSR count). The number of aryl methyl sites for hydroxylation is 1. The molecule has 0 atom stereocenters. The van der Waals surface area contributed by atoms with Crippen molar-refractivity contribution >= 4 is 42.0 Å². The van der Waals surface area contributed by atoms with Gasteiger partial charge in [0.15, 0.2) is 0 Å². The molecule has 0 aromatic heterocycles. The fourth-order valence-electron chi connectivity index (χ4n) is 3.88. The zero-order valence-electron chi connectivity index (χ0n) is 18.4. The van der Waals surface area contributed by atoms with E-state index in [0.717, 1.165) is 0 Å². The summed E-state index contributed by atoms with van der Waals surface area (Å²) in [5.41, 5.74) is 8.84. The quantitative estimate of drug-likeness (QED) is 0.216. The van der Waals surface area contributed by atoms with E-state index in [1.807, 2.05) is 0 Å². The van der Waals surface area contributed by atoms with Crippen LogP contribution in [0.25, 0.3) is 0 Å². The molecule has 0 aliphatic carbocycles. The SMILES string of the molecule is CCCCCCCCCCCCCCCCc1ccccc1C(C)(C)N.Cl.[NaH]. The molecule has 3 heteroatoms. The van der Waals surface area contributed by atoms with E-state index in [4.69, 9.17) is 5.73 Å². The number of benzene rings is 1. The van der Waals surface area contributed by atoms with Gasteiger partial charge in [0.2, 0.25) is 0 Å². The van der Waals surface area contributed by atoms with Crippen LogP contribution >= 0.6 is 12.4 Å². The van der Waals surface area contributed by atoms with Crippen LogP contribution < -0.4 is 5.73 Å². The Kier molecular flexibility index (Phi) is 21.3. The zero-order valence-corrected chi connectivity index (χ0v) is 19.2. The number of unbranched alkanes of at least 4 members (excludes halogenated alkanes) is 13. The van der Waals surface area contributed by atoms with E-state index in [-0.39, 0.29) is 47.5 Å². The third-order valence-electron chi connectivity index (χ3n) is 5.51. The molecular formula is C25H47ClNNa. The third kappa shape index (κ3) is 15.3. The Morgan fingerprint density at radius 3 is 1.50 bits per heavy atom. The molecule has 0 saturated carbocycles. The first-order chi connectivity index (χ1) is 12.6. The Bertz CT molecular complexity index is 456. The van der Waals surface area contributed by atoms with Crippen LogP contribution in [-0.2, 0) is 12.0 Å². The van der Waals surface area contributed by atoms with E-state index in [1.54, 1.807) is 0 Å². The molecule has 2 N–H and O–H groups in total. The molecule has 1 aromatic rings. The van der Waals surface area contributed by atoms with Gasteiger partial charge in [0.05, 0.1) is 0 Å². The van der Waals surface area contributed by atoms with Gasteiger partial charge in [0.1, 0.15) is 0 Å². The van der Waals surface area contributed by atoms with Gasteiger partial charge in [0, 0.05) is 5.54 Å². The Hall–Kier alpha value is 0.470. The van der Waals surface area contributed by atoms with Gasteiger partial charge in [-0.2, -0.15) is 0 Å². The summed E-state index contributed by atoms with van der Waals surface area (Å²) in [6.07, 6.45) is 21.0.